The monoisotopic (exact) mass is 302 g/mol. The number of rotatable bonds is 4. The van der Waals surface area contributed by atoms with E-state index in [1.54, 1.807) is 6.07 Å². The SMILES string of the molecule is COc1cc(F)cc(CNC(=O)C2CCNCC2)c1.Cl. The summed E-state index contributed by atoms with van der Waals surface area (Å²) in [6.45, 7) is 2.09. The summed E-state index contributed by atoms with van der Waals surface area (Å²) < 4.78 is 18.3. The number of nitrogens with one attached hydrogen (secondary N) is 2. The van der Waals surface area contributed by atoms with Gasteiger partial charge in [-0.05, 0) is 43.6 Å². The van der Waals surface area contributed by atoms with E-state index in [9.17, 15) is 9.18 Å². The van der Waals surface area contributed by atoms with Gasteiger partial charge >= 0.3 is 0 Å². The summed E-state index contributed by atoms with van der Waals surface area (Å²) in [5, 5.41) is 6.08. The van der Waals surface area contributed by atoms with E-state index in [1.165, 1.54) is 19.2 Å². The van der Waals surface area contributed by atoms with Gasteiger partial charge in [-0.3, -0.25) is 4.79 Å². The highest BCUT2D eigenvalue weighted by Crippen LogP contribution is 2.16. The van der Waals surface area contributed by atoms with Gasteiger partial charge in [0.1, 0.15) is 11.6 Å². The molecule has 2 N–H and O–H groups in total. The number of methoxy groups -OCH3 is 1. The van der Waals surface area contributed by atoms with Crippen LogP contribution in [0.15, 0.2) is 18.2 Å². The van der Waals surface area contributed by atoms with E-state index in [1.807, 2.05) is 0 Å². The average Bonchev–Trinajstić information content (AvgIpc) is 2.45. The molecular weight excluding hydrogens is 283 g/mol. The molecule has 1 saturated heterocycles. The molecule has 1 aliphatic rings. The van der Waals surface area contributed by atoms with Gasteiger partial charge in [0.05, 0.1) is 7.11 Å². The number of halogens is 2. The Bertz CT molecular complexity index is 451. The van der Waals surface area contributed by atoms with E-state index >= 15 is 0 Å². The fraction of sp³-hybridized carbons (Fsp3) is 0.500. The summed E-state index contributed by atoms with van der Waals surface area (Å²) in [6, 6.07) is 4.45. The molecule has 1 aromatic carbocycles. The predicted molar refractivity (Wildman–Crippen MR) is 77.6 cm³/mol. The molecule has 0 spiro atoms. The molecule has 0 saturated carbocycles. The Morgan fingerprint density at radius 3 is 2.75 bits per heavy atom. The van der Waals surface area contributed by atoms with Crippen LogP contribution < -0.4 is 15.4 Å². The van der Waals surface area contributed by atoms with Gasteiger partial charge in [0.2, 0.25) is 5.91 Å². The molecule has 1 aliphatic heterocycles. The molecule has 0 radical (unpaired) electrons. The first kappa shape index (κ1) is 16.7. The molecule has 0 aromatic heterocycles. The number of carbonyl (C=O) groups excluding carboxylic acids is 1. The number of ether oxygens (including phenoxy) is 1. The third kappa shape index (κ3) is 4.65. The minimum absolute atomic E-state index is 0. The van der Waals surface area contributed by atoms with Crippen molar-refractivity contribution in [3.63, 3.8) is 0 Å². The Hall–Kier alpha value is -1.33. The third-order valence-corrected chi connectivity index (χ3v) is 3.34. The zero-order valence-corrected chi connectivity index (χ0v) is 12.3. The number of amides is 1. The summed E-state index contributed by atoms with van der Waals surface area (Å²) in [4.78, 5) is 11.9. The average molecular weight is 303 g/mol. The van der Waals surface area contributed by atoms with Crippen molar-refractivity contribution < 1.29 is 13.9 Å². The summed E-state index contributed by atoms with van der Waals surface area (Å²) in [5.41, 5.74) is 0.708. The van der Waals surface area contributed by atoms with Crippen molar-refractivity contribution in [2.24, 2.45) is 5.92 Å². The maximum Gasteiger partial charge on any atom is 0.223 e. The number of carbonyl (C=O) groups is 1. The number of benzene rings is 1. The van der Waals surface area contributed by atoms with E-state index in [0.717, 1.165) is 25.9 Å². The topological polar surface area (TPSA) is 50.4 Å². The Balaban J connectivity index is 0.00000200. The summed E-state index contributed by atoms with van der Waals surface area (Å²) in [7, 11) is 1.49. The highest BCUT2D eigenvalue weighted by atomic mass is 35.5. The van der Waals surface area contributed by atoms with Gasteiger partial charge in [-0.15, -0.1) is 12.4 Å². The highest BCUT2D eigenvalue weighted by Gasteiger charge is 2.20. The van der Waals surface area contributed by atoms with Crippen LogP contribution in [-0.4, -0.2) is 26.1 Å². The molecular formula is C14H20ClFN2O2. The van der Waals surface area contributed by atoms with Crippen LogP contribution in [-0.2, 0) is 11.3 Å². The second kappa shape index (κ2) is 8.07. The molecule has 2 rings (SSSR count). The number of hydrogen-bond donors (Lipinski definition) is 2. The lowest BCUT2D eigenvalue weighted by Gasteiger charge is -2.21. The Labute approximate surface area is 124 Å². The molecule has 0 atom stereocenters. The highest BCUT2D eigenvalue weighted by molar-refractivity contribution is 5.85. The van der Waals surface area contributed by atoms with Gasteiger partial charge in [0, 0.05) is 18.5 Å². The lowest BCUT2D eigenvalue weighted by molar-refractivity contribution is -0.125. The smallest absolute Gasteiger partial charge is 0.223 e. The van der Waals surface area contributed by atoms with Crippen molar-refractivity contribution in [2.75, 3.05) is 20.2 Å². The van der Waals surface area contributed by atoms with Gasteiger partial charge in [-0.1, -0.05) is 0 Å². The fourth-order valence-electron chi connectivity index (χ4n) is 2.26. The number of hydrogen-bond acceptors (Lipinski definition) is 3. The van der Waals surface area contributed by atoms with Crippen LogP contribution in [0.1, 0.15) is 18.4 Å². The van der Waals surface area contributed by atoms with Gasteiger partial charge in [0.15, 0.2) is 0 Å². The Morgan fingerprint density at radius 2 is 2.10 bits per heavy atom. The van der Waals surface area contributed by atoms with E-state index in [-0.39, 0.29) is 30.0 Å². The number of piperidine rings is 1. The molecule has 0 unspecified atom stereocenters. The van der Waals surface area contributed by atoms with Gasteiger partial charge < -0.3 is 15.4 Å². The molecule has 0 bridgehead atoms. The maximum absolute atomic E-state index is 13.3. The first-order valence-corrected chi connectivity index (χ1v) is 6.51. The van der Waals surface area contributed by atoms with Gasteiger partial charge in [-0.25, -0.2) is 4.39 Å². The van der Waals surface area contributed by atoms with E-state index < -0.39 is 0 Å². The Morgan fingerprint density at radius 1 is 1.40 bits per heavy atom. The van der Waals surface area contributed by atoms with Crippen LogP contribution in [0.2, 0.25) is 0 Å². The van der Waals surface area contributed by atoms with Crippen LogP contribution in [0.25, 0.3) is 0 Å². The van der Waals surface area contributed by atoms with Crippen molar-refractivity contribution >= 4 is 18.3 Å². The largest absolute Gasteiger partial charge is 0.497 e. The normalized spacial score (nSPS) is 15.3. The van der Waals surface area contributed by atoms with Crippen molar-refractivity contribution in [1.82, 2.24) is 10.6 Å². The first-order valence-electron chi connectivity index (χ1n) is 6.51. The van der Waals surface area contributed by atoms with Crippen molar-refractivity contribution in [1.29, 1.82) is 0 Å². The van der Waals surface area contributed by atoms with E-state index in [0.29, 0.717) is 17.9 Å². The summed E-state index contributed by atoms with van der Waals surface area (Å²) in [5.74, 6) is 0.220. The molecule has 0 aliphatic carbocycles. The molecule has 1 aromatic rings. The van der Waals surface area contributed by atoms with Crippen LogP contribution in [0, 0.1) is 11.7 Å². The second-order valence-electron chi connectivity index (χ2n) is 4.74. The zero-order chi connectivity index (χ0) is 13.7. The standard InChI is InChI=1S/C14H19FN2O2.ClH/c1-19-13-7-10(6-12(15)8-13)9-17-14(18)11-2-4-16-5-3-11;/h6-8,11,16H,2-5,9H2,1H3,(H,17,18);1H. The van der Waals surface area contributed by atoms with Crippen LogP contribution in [0.5, 0.6) is 5.75 Å². The predicted octanol–water partition coefficient (Wildman–Crippen LogP) is 1.87. The van der Waals surface area contributed by atoms with E-state index in [4.69, 9.17) is 4.74 Å². The second-order valence-corrected chi connectivity index (χ2v) is 4.74. The molecule has 112 valence electrons. The molecule has 20 heavy (non-hydrogen) atoms. The first-order chi connectivity index (χ1) is 9.19. The molecule has 4 nitrogen and oxygen atoms in total. The van der Waals surface area contributed by atoms with Crippen molar-refractivity contribution in [3.8, 4) is 5.75 Å². The Kier molecular flexibility index (Phi) is 6.75. The van der Waals surface area contributed by atoms with Crippen molar-refractivity contribution in [3.05, 3.63) is 29.6 Å². The summed E-state index contributed by atoms with van der Waals surface area (Å²) >= 11 is 0. The molecule has 1 fully saturated rings. The molecule has 1 heterocycles. The third-order valence-electron chi connectivity index (χ3n) is 3.34. The fourth-order valence-corrected chi connectivity index (χ4v) is 2.26. The summed E-state index contributed by atoms with van der Waals surface area (Å²) in [6.07, 6.45) is 1.72. The van der Waals surface area contributed by atoms with E-state index in [2.05, 4.69) is 10.6 Å². The lowest BCUT2D eigenvalue weighted by atomic mass is 9.97. The lowest BCUT2D eigenvalue weighted by Crippen LogP contribution is -2.37. The van der Waals surface area contributed by atoms with Crippen LogP contribution in [0.3, 0.4) is 0 Å². The van der Waals surface area contributed by atoms with Gasteiger partial charge in [0.25, 0.3) is 0 Å². The van der Waals surface area contributed by atoms with Gasteiger partial charge in [-0.2, -0.15) is 0 Å². The quantitative estimate of drug-likeness (QED) is 0.893. The van der Waals surface area contributed by atoms with Crippen LogP contribution in [0.4, 0.5) is 4.39 Å². The minimum Gasteiger partial charge on any atom is -0.497 e. The van der Waals surface area contributed by atoms with Crippen LogP contribution >= 0.6 is 12.4 Å². The molecule has 6 heteroatoms. The maximum atomic E-state index is 13.3. The zero-order valence-electron chi connectivity index (χ0n) is 11.4. The molecule has 1 amide bonds. The minimum atomic E-state index is -0.356. The van der Waals surface area contributed by atoms with Crippen molar-refractivity contribution in [2.45, 2.75) is 19.4 Å².